The van der Waals surface area contributed by atoms with Crippen molar-refractivity contribution < 1.29 is 19.5 Å². The molecule has 2 amide bonds. The lowest BCUT2D eigenvalue weighted by molar-refractivity contribution is -0.134. The molecule has 0 aromatic heterocycles. The molecule has 1 N–H and O–H groups in total. The quantitative estimate of drug-likeness (QED) is 0.845. The van der Waals surface area contributed by atoms with E-state index in [2.05, 4.69) is 15.9 Å². The number of carboxylic acids is 1. The number of hydrogen-bond donors (Lipinski definition) is 1. The van der Waals surface area contributed by atoms with Crippen LogP contribution in [0, 0.1) is 0 Å². The summed E-state index contributed by atoms with van der Waals surface area (Å²) in [5, 5.41) is 8.00. The van der Waals surface area contributed by atoms with Gasteiger partial charge in [-0.3, -0.25) is 14.4 Å². The zero-order chi connectivity index (χ0) is 14.0. The van der Waals surface area contributed by atoms with E-state index in [0.29, 0.717) is 10.2 Å². The van der Waals surface area contributed by atoms with Crippen LogP contribution in [0.1, 0.15) is 6.42 Å². The Kier molecular flexibility index (Phi) is 4.26. The number of hydrogen-bond acceptors (Lipinski definition) is 4. The van der Waals surface area contributed by atoms with E-state index >= 15 is 0 Å². The van der Waals surface area contributed by atoms with Crippen LogP contribution >= 0.6 is 27.7 Å². The first kappa shape index (κ1) is 14.1. The highest BCUT2D eigenvalue weighted by Crippen LogP contribution is 2.33. The molecule has 1 heterocycles. The monoisotopic (exact) mass is 343 g/mol. The molecule has 1 aromatic rings. The molecule has 1 aliphatic heterocycles. The van der Waals surface area contributed by atoms with E-state index < -0.39 is 11.2 Å². The van der Waals surface area contributed by atoms with Crippen LogP contribution in [0.3, 0.4) is 0 Å². The highest BCUT2D eigenvalue weighted by Gasteiger charge is 2.40. The largest absolute Gasteiger partial charge is 0.481 e. The number of carboxylic acid groups (broad SMARTS) is 1. The minimum absolute atomic E-state index is 0.0398. The van der Waals surface area contributed by atoms with Gasteiger partial charge in [0.25, 0.3) is 0 Å². The van der Waals surface area contributed by atoms with Gasteiger partial charge in [-0.25, -0.2) is 4.90 Å². The summed E-state index contributed by atoms with van der Waals surface area (Å²) < 4.78 is 0.653. The Morgan fingerprint density at radius 2 is 2.11 bits per heavy atom. The molecule has 0 bridgehead atoms. The van der Waals surface area contributed by atoms with Crippen LogP contribution in [0.25, 0.3) is 0 Å². The Morgan fingerprint density at radius 3 is 2.74 bits per heavy atom. The summed E-state index contributed by atoms with van der Waals surface area (Å²) in [6.45, 7) is 0. The van der Waals surface area contributed by atoms with Crippen LogP contribution in [0.2, 0.25) is 0 Å². The maximum atomic E-state index is 12.2. The third-order valence-corrected chi connectivity index (χ3v) is 4.46. The fourth-order valence-corrected chi connectivity index (χ4v) is 3.11. The van der Waals surface area contributed by atoms with Crippen molar-refractivity contribution >= 4 is 51.2 Å². The molecule has 0 spiro atoms. The van der Waals surface area contributed by atoms with Crippen molar-refractivity contribution in [3.63, 3.8) is 0 Å². The van der Waals surface area contributed by atoms with E-state index in [1.54, 1.807) is 24.3 Å². The van der Waals surface area contributed by atoms with E-state index in [1.165, 1.54) is 0 Å². The van der Waals surface area contributed by atoms with Gasteiger partial charge in [0, 0.05) is 10.9 Å². The zero-order valence-electron chi connectivity index (χ0n) is 9.71. The van der Waals surface area contributed by atoms with E-state index in [9.17, 15) is 14.4 Å². The molecular formula is C12H10BrNO4S. The van der Waals surface area contributed by atoms with Gasteiger partial charge in [0.15, 0.2) is 0 Å². The number of carbonyl (C=O) groups is 3. The fraction of sp³-hybridized carbons (Fsp3) is 0.250. The molecule has 2 rings (SSSR count). The molecule has 0 aliphatic carbocycles. The third-order valence-electron chi connectivity index (χ3n) is 2.61. The van der Waals surface area contributed by atoms with Crippen molar-refractivity contribution in [1.82, 2.24) is 0 Å². The number of benzene rings is 1. The van der Waals surface area contributed by atoms with Crippen molar-refractivity contribution in [1.29, 1.82) is 0 Å². The molecule has 1 saturated heterocycles. The van der Waals surface area contributed by atoms with Crippen molar-refractivity contribution in [2.45, 2.75) is 11.7 Å². The van der Waals surface area contributed by atoms with Gasteiger partial charge in [0.05, 0.1) is 16.7 Å². The van der Waals surface area contributed by atoms with Gasteiger partial charge in [-0.05, 0) is 28.1 Å². The molecule has 0 unspecified atom stereocenters. The topological polar surface area (TPSA) is 74.7 Å². The minimum Gasteiger partial charge on any atom is -0.481 e. The van der Waals surface area contributed by atoms with Gasteiger partial charge in [-0.2, -0.15) is 0 Å². The lowest BCUT2D eigenvalue weighted by Crippen LogP contribution is -2.31. The number of carbonyl (C=O) groups excluding carboxylic acids is 2. The Morgan fingerprint density at radius 1 is 1.42 bits per heavy atom. The first-order valence-corrected chi connectivity index (χ1v) is 7.29. The number of imide groups is 1. The smallest absolute Gasteiger partial charge is 0.313 e. The van der Waals surface area contributed by atoms with Crippen LogP contribution in [0.5, 0.6) is 0 Å². The molecular weight excluding hydrogens is 334 g/mol. The number of nitrogens with zero attached hydrogens (tertiary/aromatic N) is 1. The Labute approximate surface area is 122 Å². The Hall–Kier alpha value is -1.34. The number of halogens is 1. The molecule has 1 fully saturated rings. The van der Waals surface area contributed by atoms with Gasteiger partial charge in [-0.15, -0.1) is 11.8 Å². The summed E-state index contributed by atoms with van der Waals surface area (Å²) in [7, 11) is 0. The zero-order valence-corrected chi connectivity index (χ0v) is 12.1. The second kappa shape index (κ2) is 5.75. The van der Waals surface area contributed by atoms with Gasteiger partial charge in [-0.1, -0.05) is 12.1 Å². The standard InChI is InChI=1S/C12H10BrNO4S/c13-7-3-1-2-4-8(7)14-10(15)5-9(12(14)18)19-6-11(16)17/h1-4,9H,5-6H2,(H,16,17)/t9-/m1/s1. The summed E-state index contributed by atoms with van der Waals surface area (Å²) >= 11 is 4.28. The maximum absolute atomic E-state index is 12.2. The number of anilines is 1. The van der Waals surface area contributed by atoms with Gasteiger partial charge in [0.1, 0.15) is 0 Å². The van der Waals surface area contributed by atoms with E-state index in [0.717, 1.165) is 16.7 Å². The number of thioether (sulfide) groups is 1. The molecule has 7 heteroatoms. The number of amides is 2. The molecule has 0 radical (unpaired) electrons. The molecule has 1 aliphatic rings. The van der Waals surface area contributed by atoms with Gasteiger partial charge in [0.2, 0.25) is 11.8 Å². The van der Waals surface area contributed by atoms with Crippen LogP contribution < -0.4 is 4.90 Å². The van der Waals surface area contributed by atoms with E-state index in [-0.39, 0.29) is 24.0 Å². The van der Waals surface area contributed by atoms with Crippen molar-refractivity contribution in [3.8, 4) is 0 Å². The summed E-state index contributed by atoms with van der Waals surface area (Å²) in [4.78, 5) is 35.7. The summed E-state index contributed by atoms with van der Waals surface area (Å²) in [5.41, 5.74) is 0.496. The third kappa shape index (κ3) is 2.98. The van der Waals surface area contributed by atoms with Crippen LogP contribution in [-0.4, -0.2) is 33.9 Å². The van der Waals surface area contributed by atoms with E-state index in [4.69, 9.17) is 5.11 Å². The second-order valence-electron chi connectivity index (χ2n) is 3.92. The predicted molar refractivity (Wildman–Crippen MR) is 75.1 cm³/mol. The number of rotatable bonds is 4. The predicted octanol–water partition coefficient (Wildman–Crippen LogP) is 1.90. The molecule has 100 valence electrons. The molecule has 0 saturated carbocycles. The van der Waals surface area contributed by atoms with Gasteiger partial charge < -0.3 is 5.11 Å². The molecule has 1 aromatic carbocycles. The van der Waals surface area contributed by atoms with Crippen LogP contribution in [-0.2, 0) is 14.4 Å². The highest BCUT2D eigenvalue weighted by atomic mass is 79.9. The fourth-order valence-electron chi connectivity index (χ4n) is 1.79. The number of aliphatic carboxylic acids is 1. The molecule has 1 atom stereocenters. The van der Waals surface area contributed by atoms with Gasteiger partial charge >= 0.3 is 5.97 Å². The summed E-state index contributed by atoms with van der Waals surface area (Å²) in [6, 6.07) is 6.94. The SMILES string of the molecule is O=C(O)CS[C@@H]1CC(=O)N(c2ccccc2Br)C1=O. The highest BCUT2D eigenvalue weighted by molar-refractivity contribution is 9.10. The minimum atomic E-state index is -0.996. The second-order valence-corrected chi connectivity index (χ2v) is 5.96. The lowest BCUT2D eigenvalue weighted by atomic mass is 10.3. The Bertz CT molecular complexity index is 548. The first-order chi connectivity index (χ1) is 9.00. The van der Waals surface area contributed by atoms with Crippen molar-refractivity contribution in [2.75, 3.05) is 10.7 Å². The summed E-state index contributed by atoms with van der Waals surface area (Å²) in [5.74, 6) is -1.85. The van der Waals surface area contributed by atoms with E-state index in [1.807, 2.05) is 0 Å². The van der Waals surface area contributed by atoms with Crippen molar-refractivity contribution in [2.24, 2.45) is 0 Å². The summed E-state index contributed by atoms with van der Waals surface area (Å²) in [6.07, 6.45) is 0.0398. The Balaban J connectivity index is 2.19. The average molecular weight is 344 g/mol. The van der Waals surface area contributed by atoms with Crippen molar-refractivity contribution in [3.05, 3.63) is 28.7 Å². The average Bonchev–Trinajstić information content (AvgIpc) is 2.63. The lowest BCUT2D eigenvalue weighted by Gasteiger charge is -2.16. The maximum Gasteiger partial charge on any atom is 0.313 e. The normalized spacial score (nSPS) is 19.0. The first-order valence-electron chi connectivity index (χ1n) is 5.45. The van der Waals surface area contributed by atoms with Crippen LogP contribution in [0.4, 0.5) is 5.69 Å². The van der Waals surface area contributed by atoms with Crippen LogP contribution in [0.15, 0.2) is 28.7 Å². The number of para-hydroxylation sites is 1. The molecule has 5 nitrogen and oxygen atoms in total. The molecule has 19 heavy (non-hydrogen) atoms.